The molecule has 2 N–H and O–H groups in total. The molecule has 1 atom stereocenters. The minimum atomic E-state index is 0. The maximum atomic E-state index is 4.73. The molecule has 158 valence electrons. The topological polar surface area (TPSA) is 52.6 Å². The van der Waals surface area contributed by atoms with Gasteiger partial charge in [0.05, 0.1) is 6.54 Å². The zero-order chi connectivity index (χ0) is 19.8. The van der Waals surface area contributed by atoms with E-state index in [-0.39, 0.29) is 24.0 Å². The molecule has 0 bridgehead atoms. The molecule has 1 saturated heterocycles. The summed E-state index contributed by atoms with van der Waals surface area (Å²) in [7, 11) is 0. The van der Waals surface area contributed by atoms with Crippen LogP contribution < -0.4 is 15.5 Å². The number of rotatable bonds is 7. The molecule has 29 heavy (non-hydrogen) atoms. The average molecular weight is 507 g/mol. The van der Waals surface area contributed by atoms with Gasteiger partial charge >= 0.3 is 0 Å². The van der Waals surface area contributed by atoms with Gasteiger partial charge in [0.2, 0.25) is 0 Å². The highest BCUT2D eigenvalue weighted by atomic mass is 127. The Morgan fingerprint density at radius 1 is 1.10 bits per heavy atom. The average Bonchev–Trinajstić information content (AvgIpc) is 3.25. The molecule has 1 aromatic heterocycles. The molecule has 1 aliphatic rings. The van der Waals surface area contributed by atoms with Crippen LogP contribution in [0.15, 0.2) is 47.6 Å². The van der Waals surface area contributed by atoms with E-state index in [9.17, 15) is 0 Å². The summed E-state index contributed by atoms with van der Waals surface area (Å²) in [5.41, 5.74) is 3.77. The largest absolute Gasteiger partial charge is 0.357 e. The number of nitrogens with one attached hydrogen (secondary N) is 2. The summed E-state index contributed by atoms with van der Waals surface area (Å²) in [6.45, 7) is 11.0. The molecular formula is C23H34IN5. The van der Waals surface area contributed by atoms with E-state index in [1.165, 1.54) is 24.0 Å². The van der Waals surface area contributed by atoms with Gasteiger partial charge in [-0.1, -0.05) is 42.8 Å². The maximum absolute atomic E-state index is 4.73. The van der Waals surface area contributed by atoms with Crippen molar-refractivity contribution >= 4 is 35.8 Å². The van der Waals surface area contributed by atoms with Gasteiger partial charge in [0.1, 0.15) is 5.82 Å². The SMILES string of the molecule is CCNC(=NCc1ccc(N2CCCC2)nc1)NCC(C)c1ccc(C)cc1.I. The Kier molecular flexibility index (Phi) is 9.70. The molecule has 0 saturated carbocycles. The van der Waals surface area contributed by atoms with E-state index in [2.05, 4.69) is 77.7 Å². The number of hydrogen-bond acceptors (Lipinski definition) is 3. The van der Waals surface area contributed by atoms with Gasteiger partial charge in [-0.2, -0.15) is 0 Å². The molecule has 0 radical (unpaired) electrons. The zero-order valence-corrected chi connectivity index (χ0v) is 20.1. The van der Waals surface area contributed by atoms with Gasteiger partial charge < -0.3 is 15.5 Å². The third kappa shape index (κ3) is 7.17. The maximum Gasteiger partial charge on any atom is 0.191 e. The molecule has 2 aromatic rings. The zero-order valence-electron chi connectivity index (χ0n) is 17.8. The summed E-state index contributed by atoms with van der Waals surface area (Å²) in [5, 5.41) is 6.81. The van der Waals surface area contributed by atoms with Gasteiger partial charge in [0.15, 0.2) is 5.96 Å². The molecule has 2 heterocycles. The van der Waals surface area contributed by atoms with E-state index in [1.54, 1.807) is 0 Å². The molecule has 1 unspecified atom stereocenters. The van der Waals surface area contributed by atoms with Crippen molar-refractivity contribution in [1.29, 1.82) is 0 Å². The lowest BCUT2D eigenvalue weighted by atomic mass is 10.0. The van der Waals surface area contributed by atoms with Crippen LogP contribution in [0.1, 0.15) is 49.3 Å². The van der Waals surface area contributed by atoms with Crippen molar-refractivity contribution in [2.24, 2.45) is 4.99 Å². The predicted molar refractivity (Wildman–Crippen MR) is 134 cm³/mol. The number of benzene rings is 1. The van der Waals surface area contributed by atoms with Gasteiger partial charge in [0, 0.05) is 32.4 Å². The Bertz CT molecular complexity index is 752. The van der Waals surface area contributed by atoms with E-state index in [4.69, 9.17) is 4.99 Å². The monoisotopic (exact) mass is 507 g/mol. The molecule has 3 rings (SSSR count). The molecule has 5 nitrogen and oxygen atoms in total. The van der Waals surface area contributed by atoms with Gasteiger partial charge in [-0.25, -0.2) is 9.98 Å². The highest BCUT2D eigenvalue weighted by molar-refractivity contribution is 14.0. The van der Waals surface area contributed by atoms with Crippen LogP contribution in [-0.4, -0.2) is 37.1 Å². The highest BCUT2D eigenvalue weighted by Crippen LogP contribution is 2.18. The molecule has 1 aromatic carbocycles. The third-order valence-corrected chi connectivity index (χ3v) is 5.23. The first-order valence-electron chi connectivity index (χ1n) is 10.4. The van der Waals surface area contributed by atoms with Crippen LogP contribution in [0.3, 0.4) is 0 Å². The summed E-state index contributed by atoms with van der Waals surface area (Å²) in [5.74, 6) is 2.36. The molecular weight excluding hydrogens is 473 g/mol. The molecule has 1 aliphatic heterocycles. The Hall–Kier alpha value is -1.83. The van der Waals surface area contributed by atoms with E-state index < -0.39 is 0 Å². The Morgan fingerprint density at radius 3 is 2.45 bits per heavy atom. The second kappa shape index (κ2) is 12.0. The smallest absolute Gasteiger partial charge is 0.191 e. The van der Waals surface area contributed by atoms with Crippen molar-refractivity contribution in [3.8, 4) is 0 Å². The van der Waals surface area contributed by atoms with Crippen molar-refractivity contribution in [3.05, 3.63) is 59.3 Å². The summed E-state index contributed by atoms with van der Waals surface area (Å²) < 4.78 is 0. The standard InChI is InChI=1S/C23H33N5.HI/c1-4-24-23(26-15-19(3)21-10-7-18(2)8-11-21)27-17-20-9-12-22(25-16-20)28-13-5-6-14-28;/h7-12,16,19H,4-6,13-15,17H2,1-3H3,(H2,24,26,27);1H. The first-order chi connectivity index (χ1) is 13.7. The van der Waals surface area contributed by atoms with Crippen molar-refractivity contribution in [1.82, 2.24) is 15.6 Å². The number of aromatic nitrogens is 1. The minimum absolute atomic E-state index is 0. The summed E-state index contributed by atoms with van der Waals surface area (Å²) in [4.78, 5) is 11.7. The number of guanidine groups is 1. The fourth-order valence-corrected chi connectivity index (χ4v) is 3.42. The number of nitrogens with zero attached hydrogens (tertiary/aromatic N) is 3. The summed E-state index contributed by atoms with van der Waals surface area (Å²) in [6, 6.07) is 13.0. The van der Waals surface area contributed by atoms with Crippen LogP contribution in [0.25, 0.3) is 0 Å². The van der Waals surface area contributed by atoms with Crippen molar-refractivity contribution in [3.63, 3.8) is 0 Å². The second-order valence-corrected chi connectivity index (χ2v) is 7.61. The Labute approximate surface area is 192 Å². The van der Waals surface area contributed by atoms with Crippen LogP contribution in [0.4, 0.5) is 5.82 Å². The Balaban J connectivity index is 0.00000300. The summed E-state index contributed by atoms with van der Waals surface area (Å²) >= 11 is 0. The van der Waals surface area contributed by atoms with Crippen LogP contribution >= 0.6 is 24.0 Å². The van der Waals surface area contributed by atoms with E-state index in [1.807, 2.05) is 6.20 Å². The number of halogens is 1. The van der Waals surface area contributed by atoms with E-state index in [0.717, 1.165) is 43.5 Å². The summed E-state index contributed by atoms with van der Waals surface area (Å²) in [6.07, 6.45) is 4.49. The molecule has 6 heteroatoms. The van der Waals surface area contributed by atoms with Gasteiger partial charge in [-0.05, 0) is 49.8 Å². The van der Waals surface area contributed by atoms with Crippen molar-refractivity contribution in [2.45, 2.75) is 46.1 Å². The Morgan fingerprint density at radius 2 is 1.83 bits per heavy atom. The van der Waals surface area contributed by atoms with E-state index >= 15 is 0 Å². The van der Waals surface area contributed by atoms with Crippen molar-refractivity contribution in [2.75, 3.05) is 31.1 Å². The van der Waals surface area contributed by atoms with Crippen molar-refractivity contribution < 1.29 is 0 Å². The third-order valence-electron chi connectivity index (χ3n) is 5.23. The molecule has 0 amide bonds. The minimum Gasteiger partial charge on any atom is -0.357 e. The van der Waals surface area contributed by atoms with Crippen LogP contribution in [0, 0.1) is 6.92 Å². The fraction of sp³-hybridized carbons (Fsp3) is 0.478. The molecule has 1 fully saturated rings. The van der Waals surface area contributed by atoms with Crippen LogP contribution in [0.2, 0.25) is 0 Å². The number of aryl methyl sites for hydroxylation is 1. The normalized spacial score (nSPS) is 15.0. The van der Waals surface area contributed by atoms with Gasteiger partial charge in [0.25, 0.3) is 0 Å². The van der Waals surface area contributed by atoms with Crippen LogP contribution in [0.5, 0.6) is 0 Å². The fourth-order valence-electron chi connectivity index (χ4n) is 3.42. The lowest BCUT2D eigenvalue weighted by Gasteiger charge is -2.17. The number of hydrogen-bond donors (Lipinski definition) is 2. The van der Waals surface area contributed by atoms with E-state index in [0.29, 0.717) is 12.5 Å². The van der Waals surface area contributed by atoms with Gasteiger partial charge in [-0.15, -0.1) is 24.0 Å². The lowest BCUT2D eigenvalue weighted by molar-refractivity contribution is 0.699. The predicted octanol–water partition coefficient (Wildman–Crippen LogP) is 4.47. The number of aliphatic imine (C=N–C) groups is 1. The first-order valence-corrected chi connectivity index (χ1v) is 10.4. The highest BCUT2D eigenvalue weighted by Gasteiger charge is 2.13. The van der Waals surface area contributed by atoms with Crippen LogP contribution in [-0.2, 0) is 6.54 Å². The number of anilines is 1. The first kappa shape index (κ1) is 23.4. The number of pyridine rings is 1. The molecule has 0 spiro atoms. The lowest BCUT2D eigenvalue weighted by Crippen LogP contribution is -2.39. The van der Waals surface area contributed by atoms with Gasteiger partial charge in [-0.3, -0.25) is 0 Å². The molecule has 0 aliphatic carbocycles. The quantitative estimate of drug-likeness (QED) is 0.330. The second-order valence-electron chi connectivity index (χ2n) is 7.61.